The van der Waals surface area contributed by atoms with E-state index in [-0.39, 0.29) is 11.3 Å². The van der Waals surface area contributed by atoms with Crippen LogP contribution in [0, 0.1) is 11.6 Å². The van der Waals surface area contributed by atoms with Crippen molar-refractivity contribution in [2.75, 3.05) is 18.6 Å². The molecule has 1 heterocycles. The van der Waals surface area contributed by atoms with E-state index < -0.39 is 11.6 Å². The van der Waals surface area contributed by atoms with Crippen LogP contribution in [0.3, 0.4) is 0 Å². The zero-order valence-electron chi connectivity index (χ0n) is 13.5. The number of benzene rings is 1. The van der Waals surface area contributed by atoms with Crippen LogP contribution in [-0.2, 0) is 0 Å². The van der Waals surface area contributed by atoms with Gasteiger partial charge in [-0.2, -0.15) is 4.39 Å². The summed E-state index contributed by atoms with van der Waals surface area (Å²) in [6.07, 6.45) is 4.61. The molecule has 2 atom stereocenters. The fraction of sp³-hybridized carbons (Fsp3) is 0.647. The van der Waals surface area contributed by atoms with E-state index in [1.54, 1.807) is 6.07 Å². The van der Waals surface area contributed by atoms with Crippen LogP contribution in [0.15, 0.2) is 12.1 Å². The number of piperazine rings is 1. The highest BCUT2D eigenvalue weighted by Crippen LogP contribution is 2.36. The molecule has 1 aliphatic carbocycles. The molecule has 0 radical (unpaired) electrons. The van der Waals surface area contributed by atoms with Crippen LogP contribution in [0.1, 0.15) is 39.5 Å². The quantitative estimate of drug-likeness (QED) is 0.905. The Balaban J connectivity index is 1.99. The topological polar surface area (TPSA) is 24.5 Å². The number of halogens is 2. The van der Waals surface area contributed by atoms with Crippen molar-refractivity contribution in [1.29, 1.82) is 0 Å². The van der Waals surface area contributed by atoms with E-state index >= 15 is 0 Å². The summed E-state index contributed by atoms with van der Waals surface area (Å²) in [6, 6.07) is 3.64. The van der Waals surface area contributed by atoms with Crippen molar-refractivity contribution >= 4 is 5.69 Å². The standard InChI is InChI=1S/C17H24F2N2O/c1-17(2)10-21(14-7-5-4-6-13(14)20-17)11-8-12(18)16(19)15(9-11)22-3/h8-9,13-14,20H,4-7,10H2,1-3H3/t13-,14-/m1/s1. The van der Waals surface area contributed by atoms with Crippen LogP contribution in [0.2, 0.25) is 0 Å². The van der Waals surface area contributed by atoms with Gasteiger partial charge in [0.1, 0.15) is 0 Å². The van der Waals surface area contributed by atoms with Crippen molar-refractivity contribution in [2.24, 2.45) is 0 Å². The lowest BCUT2D eigenvalue weighted by Crippen LogP contribution is -2.67. The first-order chi connectivity index (χ1) is 10.4. The molecule has 3 nitrogen and oxygen atoms in total. The largest absolute Gasteiger partial charge is 0.493 e. The van der Waals surface area contributed by atoms with Crippen molar-refractivity contribution in [3.05, 3.63) is 23.8 Å². The van der Waals surface area contributed by atoms with Gasteiger partial charge in [0.25, 0.3) is 0 Å². The molecule has 1 saturated heterocycles. The Labute approximate surface area is 130 Å². The monoisotopic (exact) mass is 310 g/mol. The van der Waals surface area contributed by atoms with Gasteiger partial charge in [-0.25, -0.2) is 4.39 Å². The maximum Gasteiger partial charge on any atom is 0.200 e. The van der Waals surface area contributed by atoms with Gasteiger partial charge in [0, 0.05) is 42.0 Å². The number of hydrogen-bond acceptors (Lipinski definition) is 3. The minimum absolute atomic E-state index is 0.0290. The first-order valence-electron chi connectivity index (χ1n) is 7.99. The van der Waals surface area contributed by atoms with Gasteiger partial charge in [-0.05, 0) is 26.7 Å². The number of nitrogens with one attached hydrogen (secondary N) is 1. The lowest BCUT2D eigenvalue weighted by Gasteiger charge is -2.52. The fourth-order valence-corrected chi connectivity index (χ4v) is 3.89. The first-order valence-corrected chi connectivity index (χ1v) is 7.99. The summed E-state index contributed by atoms with van der Waals surface area (Å²) in [4.78, 5) is 2.23. The fourth-order valence-electron chi connectivity index (χ4n) is 3.89. The molecular weight excluding hydrogens is 286 g/mol. The second-order valence-corrected chi connectivity index (χ2v) is 7.06. The Kier molecular flexibility index (Phi) is 4.02. The van der Waals surface area contributed by atoms with Crippen LogP contribution >= 0.6 is 0 Å². The number of anilines is 1. The smallest absolute Gasteiger partial charge is 0.200 e. The number of rotatable bonds is 2. The van der Waals surface area contributed by atoms with E-state index in [0.717, 1.165) is 19.4 Å². The number of ether oxygens (including phenoxy) is 1. The molecule has 0 amide bonds. The third kappa shape index (κ3) is 2.78. The second-order valence-electron chi connectivity index (χ2n) is 7.06. The zero-order chi connectivity index (χ0) is 15.9. The molecule has 3 rings (SSSR count). The highest BCUT2D eigenvalue weighted by Gasteiger charge is 2.40. The first kappa shape index (κ1) is 15.5. The molecule has 0 unspecified atom stereocenters. The maximum atomic E-state index is 13.9. The van der Waals surface area contributed by atoms with Gasteiger partial charge < -0.3 is 15.0 Å². The number of nitrogens with zero attached hydrogens (tertiary/aromatic N) is 1. The Bertz CT molecular complexity index is 562. The van der Waals surface area contributed by atoms with Gasteiger partial charge in [0.15, 0.2) is 11.6 Å². The van der Waals surface area contributed by atoms with E-state index in [0.29, 0.717) is 17.8 Å². The summed E-state index contributed by atoms with van der Waals surface area (Å²) in [5.74, 6) is -1.79. The van der Waals surface area contributed by atoms with Crippen LogP contribution in [0.25, 0.3) is 0 Å². The van der Waals surface area contributed by atoms with Gasteiger partial charge in [0.2, 0.25) is 5.82 Å². The number of fused-ring (bicyclic) bond motifs is 1. The second kappa shape index (κ2) is 5.69. The third-order valence-corrected chi connectivity index (χ3v) is 4.80. The van der Waals surface area contributed by atoms with Crippen molar-refractivity contribution in [3.63, 3.8) is 0 Å². The van der Waals surface area contributed by atoms with Gasteiger partial charge in [-0.15, -0.1) is 0 Å². The highest BCUT2D eigenvalue weighted by molar-refractivity contribution is 5.54. The lowest BCUT2D eigenvalue weighted by molar-refractivity contribution is 0.199. The molecule has 122 valence electrons. The van der Waals surface area contributed by atoms with Crippen LogP contribution in [-0.4, -0.2) is 31.3 Å². The molecule has 1 aromatic carbocycles. The van der Waals surface area contributed by atoms with Crippen LogP contribution in [0.4, 0.5) is 14.5 Å². The molecule has 1 aromatic rings. The SMILES string of the molecule is COc1cc(N2CC(C)(C)N[C@@H]3CCCC[C@H]32)cc(F)c1F. The normalized spacial score (nSPS) is 27.4. The van der Waals surface area contributed by atoms with E-state index in [4.69, 9.17) is 4.74 Å². The summed E-state index contributed by atoms with van der Waals surface area (Å²) in [7, 11) is 1.37. The minimum atomic E-state index is -0.916. The maximum absolute atomic E-state index is 13.9. The van der Waals surface area contributed by atoms with Gasteiger partial charge >= 0.3 is 0 Å². The van der Waals surface area contributed by atoms with E-state index in [9.17, 15) is 8.78 Å². The van der Waals surface area contributed by atoms with Gasteiger partial charge in [-0.1, -0.05) is 12.8 Å². The molecule has 1 saturated carbocycles. The van der Waals surface area contributed by atoms with Crippen molar-refractivity contribution in [2.45, 2.75) is 57.2 Å². The lowest BCUT2D eigenvalue weighted by atomic mass is 9.83. The molecule has 1 N–H and O–H groups in total. The number of methoxy groups -OCH3 is 1. The molecule has 22 heavy (non-hydrogen) atoms. The molecule has 5 heteroatoms. The third-order valence-electron chi connectivity index (χ3n) is 4.80. The number of hydrogen-bond donors (Lipinski definition) is 1. The van der Waals surface area contributed by atoms with Crippen molar-refractivity contribution in [1.82, 2.24) is 5.32 Å². The average Bonchev–Trinajstić information content (AvgIpc) is 2.48. The zero-order valence-corrected chi connectivity index (χ0v) is 13.5. The predicted octanol–water partition coefficient (Wildman–Crippen LogP) is 3.47. The Morgan fingerprint density at radius 3 is 2.68 bits per heavy atom. The highest BCUT2D eigenvalue weighted by atomic mass is 19.2. The summed E-state index contributed by atoms with van der Waals surface area (Å²) >= 11 is 0. The predicted molar refractivity (Wildman–Crippen MR) is 83.5 cm³/mol. The van der Waals surface area contributed by atoms with Gasteiger partial charge in [0.05, 0.1) is 7.11 Å². The van der Waals surface area contributed by atoms with Crippen molar-refractivity contribution < 1.29 is 13.5 Å². The Morgan fingerprint density at radius 2 is 1.95 bits per heavy atom. The summed E-state index contributed by atoms with van der Waals surface area (Å²) < 4.78 is 32.6. The molecule has 0 spiro atoms. The molecule has 2 aliphatic rings. The van der Waals surface area contributed by atoms with E-state index in [1.165, 1.54) is 26.0 Å². The summed E-state index contributed by atoms with van der Waals surface area (Å²) in [5, 5.41) is 3.71. The van der Waals surface area contributed by atoms with Crippen molar-refractivity contribution in [3.8, 4) is 5.75 Å². The average molecular weight is 310 g/mol. The minimum Gasteiger partial charge on any atom is -0.493 e. The summed E-state index contributed by atoms with van der Waals surface area (Å²) in [6.45, 7) is 5.08. The summed E-state index contributed by atoms with van der Waals surface area (Å²) in [5.41, 5.74) is 0.651. The van der Waals surface area contributed by atoms with Gasteiger partial charge in [-0.3, -0.25) is 0 Å². The molecule has 2 fully saturated rings. The molecular formula is C17H24F2N2O. The Morgan fingerprint density at radius 1 is 1.23 bits per heavy atom. The van der Waals surface area contributed by atoms with E-state index in [1.807, 2.05) is 0 Å². The Hall–Kier alpha value is -1.36. The molecule has 1 aliphatic heterocycles. The molecule has 0 bridgehead atoms. The van der Waals surface area contributed by atoms with Crippen LogP contribution in [0.5, 0.6) is 5.75 Å². The van der Waals surface area contributed by atoms with Crippen LogP contribution < -0.4 is 15.0 Å². The van der Waals surface area contributed by atoms with E-state index in [2.05, 4.69) is 24.1 Å². The molecule has 0 aromatic heterocycles.